The second-order valence-electron chi connectivity index (χ2n) is 9.98. The second kappa shape index (κ2) is 15.4. The number of benzene rings is 1. The van der Waals surface area contributed by atoms with Crippen molar-refractivity contribution in [2.24, 2.45) is 0 Å². The maximum atomic E-state index is 11.2. The minimum absolute atomic E-state index is 0.0444. The fourth-order valence-electron chi connectivity index (χ4n) is 5.31. The van der Waals surface area contributed by atoms with E-state index < -0.39 is 0 Å². The Kier molecular flexibility index (Phi) is 12.2. The molecule has 0 aromatic heterocycles. The fourth-order valence-corrected chi connectivity index (χ4v) is 5.31. The molecule has 0 radical (unpaired) electrons. The molecule has 3 atom stereocenters. The van der Waals surface area contributed by atoms with Gasteiger partial charge < -0.3 is 14.2 Å². The number of ether oxygens (including phenoxy) is 3. The Labute approximate surface area is 207 Å². The zero-order valence-corrected chi connectivity index (χ0v) is 21.6. The van der Waals surface area contributed by atoms with Gasteiger partial charge in [-0.1, -0.05) is 74.9 Å². The van der Waals surface area contributed by atoms with Crippen molar-refractivity contribution >= 4 is 5.97 Å². The third-order valence-corrected chi connectivity index (χ3v) is 7.37. The maximum absolute atomic E-state index is 11.2. The molecule has 190 valence electrons. The zero-order valence-electron chi connectivity index (χ0n) is 21.6. The normalized spacial score (nSPS) is 21.3. The predicted octanol–water partition coefficient (Wildman–Crippen LogP) is 8.17. The number of esters is 1. The number of unbranched alkanes of at least 4 members (excludes halogenated alkanes) is 5. The summed E-state index contributed by atoms with van der Waals surface area (Å²) in [7, 11) is 1.46. The lowest BCUT2D eigenvalue weighted by Crippen LogP contribution is -2.24. The van der Waals surface area contributed by atoms with Crippen LogP contribution in [0.5, 0.6) is 0 Å². The Morgan fingerprint density at radius 3 is 2.59 bits per heavy atom. The van der Waals surface area contributed by atoms with Gasteiger partial charge in [-0.05, 0) is 68.9 Å². The lowest BCUT2D eigenvalue weighted by Gasteiger charge is -2.28. The summed E-state index contributed by atoms with van der Waals surface area (Å²) in [5.41, 5.74) is 4.34. The molecule has 4 nitrogen and oxygen atoms in total. The Morgan fingerprint density at radius 1 is 1.03 bits per heavy atom. The monoisotopic (exact) mass is 470 g/mol. The van der Waals surface area contributed by atoms with Crippen molar-refractivity contribution in [2.45, 2.75) is 122 Å². The molecule has 1 fully saturated rings. The van der Waals surface area contributed by atoms with Crippen molar-refractivity contribution in [2.75, 3.05) is 13.7 Å². The first-order valence-electron chi connectivity index (χ1n) is 13.8. The fraction of sp³-hybridized carbons (Fsp3) is 0.700. The maximum Gasteiger partial charge on any atom is 0.305 e. The summed E-state index contributed by atoms with van der Waals surface area (Å²) in [6.07, 6.45) is 19.2. The van der Waals surface area contributed by atoms with E-state index in [9.17, 15) is 4.79 Å². The highest BCUT2D eigenvalue weighted by molar-refractivity contribution is 5.68. The third kappa shape index (κ3) is 8.85. The summed E-state index contributed by atoms with van der Waals surface area (Å²) in [6.45, 7) is 3.08. The van der Waals surface area contributed by atoms with Crippen LogP contribution >= 0.6 is 0 Å². The van der Waals surface area contributed by atoms with Crippen LogP contribution in [0.3, 0.4) is 0 Å². The van der Waals surface area contributed by atoms with Crippen LogP contribution < -0.4 is 0 Å². The molecular weight excluding hydrogens is 424 g/mol. The molecule has 1 aliphatic carbocycles. The standard InChI is InChI=1S/C30H46O4/c1-3-4-7-16-28(34-30-18-10-11-23-33-30)26-21-19-25(20-22-26)27-15-12-14-24(27)13-8-5-6-9-17-29(31)32-2/h14,19-22,27-28,30H,3-13,15-18,23H2,1-2H3. The third-order valence-electron chi connectivity index (χ3n) is 7.37. The minimum atomic E-state index is -0.0914. The van der Waals surface area contributed by atoms with Crippen LogP contribution in [0.1, 0.15) is 126 Å². The number of rotatable bonds is 15. The summed E-state index contributed by atoms with van der Waals surface area (Å²) in [4.78, 5) is 11.2. The van der Waals surface area contributed by atoms with Crippen molar-refractivity contribution in [3.63, 3.8) is 0 Å². The molecule has 4 heteroatoms. The van der Waals surface area contributed by atoms with E-state index in [1.54, 1.807) is 5.57 Å². The first kappa shape index (κ1) is 26.9. The van der Waals surface area contributed by atoms with Gasteiger partial charge in [0, 0.05) is 18.9 Å². The van der Waals surface area contributed by atoms with E-state index in [2.05, 4.69) is 37.3 Å². The quantitative estimate of drug-likeness (QED) is 0.147. The van der Waals surface area contributed by atoms with E-state index in [0.29, 0.717) is 12.3 Å². The largest absolute Gasteiger partial charge is 0.469 e. The number of hydrogen-bond donors (Lipinski definition) is 0. The number of carbonyl (C=O) groups excluding carboxylic acids is 1. The molecule has 0 bridgehead atoms. The van der Waals surface area contributed by atoms with E-state index in [1.165, 1.54) is 76.0 Å². The van der Waals surface area contributed by atoms with Gasteiger partial charge >= 0.3 is 5.97 Å². The molecular formula is C30H46O4. The van der Waals surface area contributed by atoms with Gasteiger partial charge in [-0.2, -0.15) is 0 Å². The van der Waals surface area contributed by atoms with Crippen molar-refractivity contribution in [1.29, 1.82) is 0 Å². The Hall–Kier alpha value is -1.65. The molecule has 2 aliphatic rings. The molecule has 0 saturated carbocycles. The Bertz CT molecular complexity index is 733. The van der Waals surface area contributed by atoms with Crippen LogP contribution in [0.2, 0.25) is 0 Å². The molecule has 0 spiro atoms. The van der Waals surface area contributed by atoms with Gasteiger partial charge in [0.2, 0.25) is 0 Å². The Morgan fingerprint density at radius 2 is 1.85 bits per heavy atom. The van der Waals surface area contributed by atoms with Crippen LogP contribution in [0.4, 0.5) is 0 Å². The predicted molar refractivity (Wildman–Crippen MR) is 138 cm³/mol. The number of allylic oxidation sites excluding steroid dienone is 2. The van der Waals surface area contributed by atoms with Crippen LogP contribution in [0, 0.1) is 0 Å². The highest BCUT2D eigenvalue weighted by Crippen LogP contribution is 2.39. The van der Waals surface area contributed by atoms with Crippen molar-refractivity contribution < 1.29 is 19.0 Å². The SMILES string of the molecule is CCCCCC(OC1CCCCO1)c1ccc(C2CCC=C2CCCCCCC(=O)OC)cc1. The van der Waals surface area contributed by atoms with Crippen LogP contribution in [-0.2, 0) is 19.0 Å². The van der Waals surface area contributed by atoms with E-state index >= 15 is 0 Å². The number of methoxy groups -OCH3 is 1. The van der Waals surface area contributed by atoms with Gasteiger partial charge in [0.05, 0.1) is 13.2 Å². The van der Waals surface area contributed by atoms with Crippen molar-refractivity contribution in [3.05, 3.63) is 47.0 Å². The topological polar surface area (TPSA) is 44.8 Å². The molecule has 1 heterocycles. The number of carbonyl (C=O) groups is 1. The van der Waals surface area contributed by atoms with Crippen LogP contribution in [0.15, 0.2) is 35.9 Å². The van der Waals surface area contributed by atoms with Gasteiger partial charge in [-0.15, -0.1) is 0 Å². The number of hydrogen-bond acceptors (Lipinski definition) is 4. The minimum Gasteiger partial charge on any atom is -0.469 e. The lowest BCUT2D eigenvalue weighted by atomic mass is 9.88. The molecule has 3 unspecified atom stereocenters. The lowest BCUT2D eigenvalue weighted by molar-refractivity contribution is -0.191. The van der Waals surface area contributed by atoms with Gasteiger partial charge in [0.25, 0.3) is 0 Å². The molecule has 0 amide bonds. The summed E-state index contributed by atoms with van der Waals surface area (Å²) in [6, 6.07) is 9.29. The van der Waals surface area contributed by atoms with Gasteiger partial charge in [0.1, 0.15) is 0 Å². The zero-order chi connectivity index (χ0) is 24.0. The summed E-state index contributed by atoms with van der Waals surface area (Å²) >= 11 is 0. The highest BCUT2D eigenvalue weighted by atomic mass is 16.7. The molecule has 1 aliphatic heterocycles. The molecule has 1 aromatic carbocycles. The molecule has 34 heavy (non-hydrogen) atoms. The summed E-state index contributed by atoms with van der Waals surface area (Å²) < 4.78 is 17.1. The molecule has 1 saturated heterocycles. The van der Waals surface area contributed by atoms with Gasteiger partial charge in [-0.3, -0.25) is 4.79 Å². The molecule has 0 N–H and O–H groups in total. The summed E-state index contributed by atoms with van der Waals surface area (Å²) in [5, 5.41) is 0. The van der Waals surface area contributed by atoms with E-state index in [0.717, 1.165) is 38.7 Å². The van der Waals surface area contributed by atoms with Crippen molar-refractivity contribution in [1.82, 2.24) is 0 Å². The van der Waals surface area contributed by atoms with Crippen LogP contribution in [0.25, 0.3) is 0 Å². The van der Waals surface area contributed by atoms with Gasteiger partial charge in [0.15, 0.2) is 6.29 Å². The highest BCUT2D eigenvalue weighted by Gasteiger charge is 2.23. The Balaban J connectivity index is 1.51. The summed E-state index contributed by atoms with van der Waals surface area (Å²) in [5.74, 6) is 0.469. The van der Waals surface area contributed by atoms with Crippen molar-refractivity contribution in [3.8, 4) is 0 Å². The van der Waals surface area contributed by atoms with E-state index in [4.69, 9.17) is 14.2 Å². The smallest absolute Gasteiger partial charge is 0.305 e. The second-order valence-corrected chi connectivity index (χ2v) is 9.98. The molecule has 1 aromatic rings. The first-order chi connectivity index (χ1) is 16.7. The average molecular weight is 471 g/mol. The van der Waals surface area contributed by atoms with E-state index in [1.807, 2.05) is 0 Å². The average Bonchev–Trinajstić information content (AvgIpc) is 3.34. The van der Waals surface area contributed by atoms with E-state index in [-0.39, 0.29) is 18.4 Å². The first-order valence-corrected chi connectivity index (χ1v) is 13.8. The van der Waals surface area contributed by atoms with Gasteiger partial charge in [-0.25, -0.2) is 0 Å². The molecule has 3 rings (SSSR count). The van der Waals surface area contributed by atoms with Crippen LogP contribution in [-0.4, -0.2) is 26.0 Å².